The maximum absolute atomic E-state index is 12.9. The highest BCUT2D eigenvalue weighted by molar-refractivity contribution is 6.30. The highest BCUT2D eigenvalue weighted by atomic mass is 35.5. The van der Waals surface area contributed by atoms with Crippen LogP contribution in [0.1, 0.15) is 56.4 Å². The van der Waals surface area contributed by atoms with Gasteiger partial charge in [-0.2, -0.15) is 0 Å². The van der Waals surface area contributed by atoms with Gasteiger partial charge in [-0.15, -0.1) is 0 Å². The van der Waals surface area contributed by atoms with E-state index in [0.29, 0.717) is 37.1 Å². The second kappa shape index (κ2) is 15.8. The third kappa shape index (κ3) is 10.9. The first-order chi connectivity index (χ1) is 16.4. The standard InChI is InChI=1S/C24H39ClN4O5/c1-29(23(30)28-22(16-27-33)14-18-6-2-3-13-34-17-18)12-10-19(8-5-11-26-24(31)32)20-7-4-9-21(25)15-20/h4,7,9,15,18-19,22,26-27,33H,2-3,5-6,8,10-14,16-17H2,1H3,(H,28,30)(H,31,32)/t18-,19-,22+/m1/s1. The number of halogens is 1. The maximum Gasteiger partial charge on any atom is 0.404 e. The van der Waals surface area contributed by atoms with Crippen molar-refractivity contribution in [2.45, 2.75) is 56.9 Å². The Hall–Kier alpha value is -2.07. The van der Waals surface area contributed by atoms with E-state index in [9.17, 15) is 14.8 Å². The monoisotopic (exact) mass is 498 g/mol. The molecule has 34 heavy (non-hydrogen) atoms. The normalized spacial score (nSPS) is 17.9. The molecule has 3 amide bonds. The van der Waals surface area contributed by atoms with E-state index in [4.69, 9.17) is 21.4 Å². The molecule has 1 saturated heterocycles. The zero-order valence-electron chi connectivity index (χ0n) is 20.0. The van der Waals surface area contributed by atoms with Crippen LogP contribution < -0.4 is 16.1 Å². The Kier molecular flexibility index (Phi) is 13.1. The van der Waals surface area contributed by atoms with Crippen LogP contribution in [0.25, 0.3) is 0 Å². The molecule has 0 aliphatic carbocycles. The lowest BCUT2D eigenvalue weighted by molar-refractivity contribution is 0.102. The van der Waals surface area contributed by atoms with Crippen molar-refractivity contribution >= 4 is 23.7 Å². The quantitative estimate of drug-likeness (QED) is 0.206. The summed E-state index contributed by atoms with van der Waals surface area (Å²) in [6.45, 7) is 2.66. The van der Waals surface area contributed by atoms with Gasteiger partial charge in [-0.3, -0.25) is 0 Å². The van der Waals surface area contributed by atoms with Crippen LogP contribution in [0, 0.1) is 5.92 Å². The predicted octanol–water partition coefficient (Wildman–Crippen LogP) is 4.06. The first-order valence-corrected chi connectivity index (χ1v) is 12.5. The van der Waals surface area contributed by atoms with Crippen molar-refractivity contribution in [2.75, 3.05) is 39.9 Å². The number of nitrogens with one attached hydrogen (secondary N) is 3. The zero-order valence-corrected chi connectivity index (χ0v) is 20.7. The lowest BCUT2D eigenvalue weighted by Gasteiger charge is -2.27. The number of hydroxylamine groups is 1. The molecule has 0 spiro atoms. The van der Waals surface area contributed by atoms with E-state index in [-0.39, 0.29) is 24.5 Å². The molecule has 0 unspecified atom stereocenters. The molecule has 3 atom stereocenters. The van der Waals surface area contributed by atoms with Gasteiger partial charge in [-0.1, -0.05) is 30.2 Å². The Labute approximate surface area is 207 Å². The van der Waals surface area contributed by atoms with Gasteiger partial charge in [0.25, 0.3) is 0 Å². The molecule has 0 saturated carbocycles. The Bertz CT molecular complexity index is 746. The highest BCUT2D eigenvalue weighted by Crippen LogP contribution is 2.27. The number of hydrogen-bond donors (Lipinski definition) is 5. The van der Waals surface area contributed by atoms with Gasteiger partial charge < -0.3 is 30.6 Å². The number of carbonyl (C=O) groups is 2. The summed E-state index contributed by atoms with van der Waals surface area (Å²) in [4.78, 5) is 25.2. The second-order valence-corrected chi connectivity index (χ2v) is 9.45. The average Bonchev–Trinajstić information content (AvgIpc) is 3.07. The van der Waals surface area contributed by atoms with Crippen molar-refractivity contribution in [3.8, 4) is 0 Å². The average molecular weight is 499 g/mol. The van der Waals surface area contributed by atoms with Gasteiger partial charge in [0, 0.05) is 51.0 Å². The molecule has 1 aliphatic heterocycles. The third-order valence-electron chi connectivity index (χ3n) is 6.27. The molecular weight excluding hydrogens is 460 g/mol. The minimum atomic E-state index is -1.03. The Morgan fingerprint density at radius 3 is 2.85 bits per heavy atom. The number of hydrogen-bond acceptors (Lipinski definition) is 5. The van der Waals surface area contributed by atoms with Crippen LogP contribution >= 0.6 is 11.6 Å². The molecule has 2 rings (SSSR count). The molecule has 1 aromatic rings. The van der Waals surface area contributed by atoms with Crippen molar-refractivity contribution in [2.24, 2.45) is 5.92 Å². The van der Waals surface area contributed by atoms with Crippen LogP contribution in [-0.4, -0.2) is 73.3 Å². The van der Waals surface area contributed by atoms with Crippen LogP contribution in [0.4, 0.5) is 9.59 Å². The van der Waals surface area contributed by atoms with E-state index >= 15 is 0 Å². The molecule has 9 nitrogen and oxygen atoms in total. The number of ether oxygens (including phenoxy) is 1. The first kappa shape index (κ1) is 28.2. The fraction of sp³-hybridized carbons (Fsp3) is 0.667. The molecule has 0 radical (unpaired) electrons. The Balaban J connectivity index is 1.90. The van der Waals surface area contributed by atoms with Crippen LogP contribution in [0.2, 0.25) is 5.02 Å². The van der Waals surface area contributed by atoms with E-state index in [1.807, 2.05) is 24.3 Å². The topological polar surface area (TPSA) is 123 Å². The minimum Gasteiger partial charge on any atom is -0.465 e. The van der Waals surface area contributed by atoms with Gasteiger partial charge in [0.2, 0.25) is 0 Å². The summed E-state index contributed by atoms with van der Waals surface area (Å²) in [5.74, 6) is 0.501. The second-order valence-electron chi connectivity index (χ2n) is 9.02. The first-order valence-electron chi connectivity index (χ1n) is 12.1. The predicted molar refractivity (Wildman–Crippen MR) is 132 cm³/mol. The molecular formula is C24H39ClN4O5. The van der Waals surface area contributed by atoms with E-state index in [1.165, 1.54) is 0 Å². The summed E-state index contributed by atoms with van der Waals surface area (Å²) in [5.41, 5.74) is 3.27. The summed E-state index contributed by atoms with van der Waals surface area (Å²) in [7, 11) is 1.76. The van der Waals surface area contributed by atoms with Gasteiger partial charge in [0.15, 0.2) is 0 Å². The van der Waals surface area contributed by atoms with E-state index in [1.54, 1.807) is 11.9 Å². The summed E-state index contributed by atoms with van der Waals surface area (Å²) >= 11 is 6.18. The minimum absolute atomic E-state index is 0.141. The number of nitrogens with zero attached hydrogens (tertiary/aromatic N) is 1. The van der Waals surface area contributed by atoms with Crippen LogP contribution in [-0.2, 0) is 4.74 Å². The largest absolute Gasteiger partial charge is 0.465 e. The maximum atomic E-state index is 12.9. The van der Waals surface area contributed by atoms with Gasteiger partial charge >= 0.3 is 12.1 Å². The van der Waals surface area contributed by atoms with Crippen molar-refractivity contribution in [1.82, 2.24) is 21.0 Å². The van der Waals surface area contributed by atoms with Crippen molar-refractivity contribution in [1.29, 1.82) is 0 Å². The molecule has 192 valence electrons. The molecule has 1 heterocycles. The van der Waals surface area contributed by atoms with Gasteiger partial charge in [-0.05, 0) is 68.1 Å². The van der Waals surface area contributed by atoms with E-state index < -0.39 is 6.09 Å². The molecule has 0 aromatic heterocycles. The van der Waals surface area contributed by atoms with Crippen molar-refractivity contribution < 1.29 is 24.6 Å². The molecule has 1 aliphatic rings. The number of amides is 3. The third-order valence-corrected chi connectivity index (χ3v) is 6.51. The van der Waals surface area contributed by atoms with Crippen LogP contribution in [0.3, 0.4) is 0 Å². The fourth-order valence-corrected chi connectivity index (χ4v) is 4.58. The van der Waals surface area contributed by atoms with Crippen molar-refractivity contribution in [3.63, 3.8) is 0 Å². The number of carboxylic acid groups (broad SMARTS) is 1. The summed E-state index contributed by atoms with van der Waals surface area (Å²) in [5, 5.41) is 24.1. The smallest absolute Gasteiger partial charge is 0.404 e. The number of urea groups is 1. The van der Waals surface area contributed by atoms with E-state index in [0.717, 1.165) is 50.7 Å². The summed E-state index contributed by atoms with van der Waals surface area (Å²) in [6, 6.07) is 7.28. The summed E-state index contributed by atoms with van der Waals surface area (Å²) < 4.78 is 5.65. The molecule has 0 bridgehead atoms. The Morgan fingerprint density at radius 2 is 2.12 bits per heavy atom. The number of benzene rings is 1. The SMILES string of the molecule is CN(CC[C@@H](CCCNC(=O)O)c1cccc(Cl)c1)C(=O)N[C@H](CNO)C[C@H]1CCCCOC1. The Morgan fingerprint density at radius 1 is 1.29 bits per heavy atom. The molecule has 5 N–H and O–H groups in total. The molecule has 1 aromatic carbocycles. The number of rotatable bonds is 13. The number of carbonyl (C=O) groups excluding carboxylic acids is 1. The highest BCUT2D eigenvalue weighted by Gasteiger charge is 2.22. The lowest BCUT2D eigenvalue weighted by atomic mass is 9.91. The molecule has 1 fully saturated rings. The van der Waals surface area contributed by atoms with Gasteiger partial charge in [0.1, 0.15) is 0 Å². The fourth-order valence-electron chi connectivity index (χ4n) is 4.38. The van der Waals surface area contributed by atoms with Gasteiger partial charge in [0.05, 0.1) is 0 Å². The van der Waals surface area contributed by atoms with Crippen LogP contribution in [0.15, 0.2) is 24.3 Å². The zero-order chi connectivity index (χ0) is 24.8. The molecule has 10 heteroatoms. The lowest BCUT2D eigenvalue weighted by Crippen LogP contribution is -2.48. The summed E-state index contributed by atoms with van der Waals surface area (Å²) in [6.07, 6.45) is 5.14. The van der Waals surface area contributed by atoms with E-state index in [2.05, 4.69) is 16.1 Å². The van der Waals surface area contributed by atoms with Gasteiger partial charge in [-0.25, -0.2) is 15.1 Å². The van der Waals surface area contributed by atoms with Crippen molar-refractivity contribution in [3.05, 3.63) is 34.9 Å². The van der Waals surface area contributed by atoms with Crippen LogP contribution in [0.5, 0.6) is 0 Å².